The predicted molar refractivity (Wildman–Crippen MR) is 73.7 cm³/mol. The van der Waals surface area contributed by atoms with E-state index in [2.05, 4.69) is 25.3 Å². The number of nitrogens with zero attached hydrogens (tertiary/aromatic N) is 3. The number of hydrogen-bond donors (Lipinski definition) is 3. The molecule has 1 aliphatic carbocycles. The second-order valence-corrected chi connectivity index (χ2v) is 5.90. The first kappa shape index (κ1) is 13.7. The topological polar surface area (TPSA) is 121 Å². The van der Waals surface area contributed by atoms with Crippen molar-refractivity contribution in [1.29, 1.82) is 0 Å². The molecule has 2 aromatic rings. The minimum absolute atomic E-state index is 0.0106. The summed E-state index contributed by atoms with van der Waals surface area (Å²) in [6.45, 7) is 3.47. The molecule has 9 heteroatoms. The zero-order valence-electron chi connectivity index (χ0n) is 11.2. The number of anilines is 1. The lowest BCUT2D eigenvalue weighted by Gasteiger charge is -2.04. The molecule has 3 rings (SSSR count). The predicted octanol–water partition coefficient (Wildman–Crippen LogP) is 1.30. The number of amides is 1. The summed E-state index contributed by atoms with van der Waals surface area (Å²) in [6, 6.07) is 0. The Hall–Kier alpha value is -2.22. The van der Waals surface area contributed by atoms with Crippen LogP contribution in [0, 0.1) is 17.3 Å². The molecule has 1 fully saturated rings. The number of nitrogens with one attached hydrogen (secondary N) is 2. The van der Waals surface area contributed by atoms with E-state index in [1.54, 1.807) is 13.8 Å². The second-order valence-electron chi connectivity index (χ2n) is 5.54. The summed E-state index contributed by atoms with van der Waals surface area (Å²) in [5, 5.41) is 11.7. The van der Waals surface area contributed by atoms with Gasteiger partial charge in [-0.15, -0.1) is 0 Å². The van der Waals surface area contributed by atoms with Gasteiger partial charge in [0.15, 0.2) is 10.8 Å². The normalized spacial score (nSPS) is 23.0. The molecule has 0 aromatic carbocycles. The quantitative estimate of drug-likeness (QED) is 0.735. The fourth-order valence-corrected chi connectivity index (χ4v) is 2.85. The lowest BCUT2D eigenvalue weighted by molar-refractivity contribution is -0.140. The van der Waals surface area contributed by atoms with Gasteiger partial charge in [-0.25, -0.2) is 4.98 Å². The number of imidazole rings is 1. The number of aliphatic carboxylic acids is 1. The Balaban J connectivity index is 1.83. The van der Waals surface area contributed by atoms with Gasteiger partial charge in [-0.1, -0.05) is 25.4 Å². The summed E-state index contributed by atoms with van der Waals surface area (Å²) in [5.74, 6) is -2.73. The van der Waals surface area contributed by atoms with Gasteiger partial charge < -0.3 is 10.1 Å². The van der Waals surface area contributed by atoms with E-state index in [1.165, 1.54) is 6.33 Å². The molecule has 21 heavy (non-hydrogen) atoms. The number of aromatic amines is 1. The highest BCUT2D eigenvalue weighted by Crippen LogP contribution is 2.58. The van der Waals surface area contributed by atoms with Crippen LogP contribution >= 0.6 is 11.6 Å². The van der Waals surface area contributed by atoms with Crippen molar-refractivity contribution in [2.24, 2.45) is 17.3 Å². The largest absolute Gasteiger partial charge is 0.481 e. The molecule has 3 N–H and O–H groups in total. The molecule has 110 valence electrons. The number of H-pyrrole nitrogens is 1. The molecule has 0 unspecified atom stereocenters. The van der Waals surface area contributed by atoms with Crippen molar-refractivity contribution in [3.05, 3.63) is 11.5 Å². The summed E-state index contributed by atoms with van der Waals surface area (Å²) >= 11 is 5.95. The molecule has 1 aliphatic rings. The molecule has 0 spiro atoms. The number of carbonyl (C=O) groups is 2. The van der Waals surface area contributed by atoms with Crippen molar-refractivity contribution < 1.29 is 14.7 Å². The Labute approximate surface area is 124 Å². The molecule has 2 aromatic heterocycles. The highest BCUT2D eigenvalue weighted by molar-refractivity contribution is 6.33. The minimum atomic E-state index is -0.984. The number of hydrogen-bond acceptors (Lipinski definition) is 5. The van der Waals surface area contributed by atoms with Crippen LogP contribution in [-0.4, -0.2) is 36.9 Å². The maximum Gasteiger partial charge on any atom is 0.307 e. The first-order chi connectivity index (χ1) is 9.82. The fourth-order valence-electron chi connectivity index (χ4n) is 2.63. The maximum absolute atomic E-state index is 12.2. The van der Waals surface area contributed by atoms with Crippen LogP contribution in [0.2, 0.25) is 5.15 Å². The molecule has 0 bridgehead atoms. The molecule has 0 saturated heterocycles. The Kier molecular flexibility index (Phi) is 2.87. The van der Waals surface area contributed by atoms with Crippen LogP contribution in [0.4, 0.5) is 5.95 Å². The van der Waals surface area contributed by atoms with E-state index in [-0.39, 0.29) is 11.1 Å². The second kappa shape index (κ2) is 4.39. The number of aromatic nitrogens is 4. The van der Waals surface area contributed by atoms with Crippen LogP contribution in [-0.2, 0) is 9.59 Å². The van der Waals surface area contributed by atoms with Crippen LogP contribution in [0.25, 0.3) is 11.2 Å². The number of fused-ring (bicyclic) bond motifs is 1. The van der Waals surface area contributed by atoms with Crippen LogP contribution in [0.1, 0.15) is 13.8 Å². The molecular weight excluding hydrogens is 298 g/mol. The molecule has 2 heterocycles. The number of carboxylic acids is 1. The third kappa shape index (κ3) is 2.11. The highest BCUT2D eigenvalue weighted by Gasteiger charge is 2.66. The van der Waals surface area contributed by atoms with Gasteiger partial charge in [0.25, 0.3) is 0 Å². The van der Waals surface area contributed by atoms with E-state index >= 15 is 0 Å². The van der Waals surface area contributed by atoms with Crippen LogP contribution in [0.15, 0.2) is 6.33 Å². The Morgan fingerprint density at radius 1 is 1.38 bits per heavy atom. The van der Waals surface area contributed by atoms with Crippen molar-refractivity contribution >= 4 is 40.6 Å². The monoisotopic (exact) mass is 309 g/mol. The number of carboxylic acid groups (broad SMARTS) is 1. The van der Waals surface area contributed by atoms with Crippen molar-refractivity contribution in [2.75, 3.05) is 5.32 Å². The summed E-state index contributed by atoms with van der Waals surface area (Å²) in [5.41, 5.74) is 0.218. The third-order valence-corrected chi connectivity index (χ3v) is 4.13. The SMILES string of the molecule is CC1(C)[C@H](C(=O)O)[C@@H]1C(=O)Nc1nc(Cl)c2[nH]cnc2n1. The van der Waals surface area contributed by atoms with Crippen LogP contribution in [0.3, 0.4) is 0 Å². The van der Waals surface area contributed by atoms with E-state index in [0.717, 1.165) is 0 Å². The molecule has 1 saturated carbocycles. The fraction of sp³-hybridized carbons (Fsp3) is 0.417. The summed E-state index contributed by atoms with van der Waals surface area (Å²) in [7, 11) is 0. The molecule has 0 radical (unpaired) electrons. The van der Waals surface area contributed by atoms with Crippen molar-refractivity contribution in [3.63, 3.8) is 0 Å². The molecule has 8 nitrogen and oxygen atoms in total. The van der Waals surface area contributed by atoms with Gasteiger partial charge in [0.2, 0.25) is 11.9 Å². The maximum atomic E-state index is 12.2. The summed E-state index contributed by atoms with van der Waals surface area (Å²) in [6.07, 6.45) is 1.42. The average Bonchev–Trinajstić information content (AvgIpc) is 2.74. The molecule has 2 atom stereocenters. The van der Waals surface area contributed by atoms with E-state index < -0.39 is 29.1 Å². The van der Waals surface area contributed by atoms with Crippen LogP contribution in [0.5, 0.6) is 0 Å². The van der Waals surface area contributed by atoms with Gasteiger partial charge in [-0.3, -0.25) is 14.9 Å². The summed E-state index contributed by atoms with van der Waals surface area (Å²) < 4.78 is 0. The average molecular weight is 310 g/mol. The standard InChI is InChI=1S/C12H12ClN5O3/c1-12(2)4(5(12)10(20)21)9(19)18-11-16-7(13)6-8(17-11)15-3-14-6/h3-5H,1-2H3,(H,20,21)(H2,14,15,16,17,18,19)/t4-,5+/m1/s1. The van der Waals surface area contributed by atoms with E-state index in [0.29, 0.717) is 11.2 Å². The van der Waals surface area contributed by atoms with Gasteiger partial charge >= 0.3 is 5.97 Å². The van der Waals surface area contributed by atoms with Gasteiger partial charge in [-0.2, -0.15) is 9.97 Å². The Morgan fingerprint density at radius 3 is 2.71 bits per heavy atom. The van der Waals surface area contributed by atoms with E-state index in [1.807, 2.05) is 0 Å². The zero-order chi connectivity index (χ0) is 15.4. The number of carbonyl (C=O) groups excluding carboxylic acids is 1. The molecular formula is C12H12ClN5O3. The summed E-state index contributed by atoms with van der Waals surface area (Å²) in [4.78, 5) is 38.0. The van der Waals surface area contributed by atoms with Crippen LogP contribution < -0.4 is 5.32 Å². The Morgan fingerprint density at radius 2 is 2.10 bits per heavy atom. The van der Waals surface area contributed by atoms with Gasteiger partial charge in [0, 0.05) is 0 Å². The number of rotatable bonds is 3. The Bertz CT molecular complexity index is 756. The third-order valence-electron chi connectivity index (χ3n) is 3.85. The van der Waals surface area contributed by atoms with Gasteiger partial charge in [0.1, 0.15) is 5.52 Å². The minimum Gasteiger partial charge on any atom is -0.481 e. The smallest absolute Gasteiger partial charge is 0.307 e. The first-order valence-electron chi connectivity index (χ1n) is 6.22. The molecule has 1 amide bonds. The van der Waals surface area contributed by atoms with Crippen molar-refractivity contribution in [2.45, 2.75) is 13.8 Å². The first-order valence-corrected chi connectivity index (χ1v) is 6.60. The molecule has 0 aliphatic heterocycles. The highest BCUT2D eigenvalue weighted by atomic mass is 35.5. The van der Waals surface area contributed by atoms with Crippen molar-refractivity contribution in [1.82, 2.24) is 19.9 Å². The lowest BCUT2D eigenvalue weighted by Crippen LogP contribution is -2.19. The van der Waals surface area contributed by atoms with E-state index in [9.17, 15) is 9.59 Å². The number of halogens is 1. The van der Waals surface area contributed by atoms with Gasteiger partial charge in [0.05, 0.1) is 18.2 Å². The zero-order valence-corrected chi connectivity index (χ0v) is 12.0. The van der Waals surface area contributed by atoms with Crippen molar-refractivity contribution in [3.8, 4) is 0 Å². The van der Waals surface area contributed by atoms with Gasteiger partial charge in [-0.05, 0) is 5.41 Å². The van der Waals surface area contributed by atoms with E-state index in [4.69, 9.17) is 16.7 Å². The lowest BCUT2D eigenvalue weighted by atomic mass is 10.1.